The third-order valence-corrected chi connectivity index (χ3v) is 4.85. The predicted octanol–water partition coefficient (Wildman–Crippen LogP) is 2.35. The number of hydrogen-bond donors (Lipinski definition) is 1. The number of para-hydroxylation sites is 1. The van der Waals surface area contributed by atoms with E-state index in [9.17, 15) is 14.7 Å². The lowest BCUT2D eigenvalue weighted by atomic mass is 9.88. The maximum atomic E-state index is 12.6. The SMILES string of the molecule is COc1ccccc1C1CN(C(=O)CCc2ccccn2)CC1C(=O)O. The highest BCUT2D eigenvalue weighted by atomic mass is 16.5. The van der Waals surface area contributed by atoms with Crippen LogP contribution >= 0.6 is 0 Å². The van der Waals surface area contributed by atoms with E-state index in [1.165, 1.54) is 0 Å². The number of rotatable bonds is 6. The van der Waals surface area contributed by atoms with Gasteiger partial charge in [-0.2, -0.15) is 0 Å². The van der Waals surface area contributed by atoms with Gasteiger partial charge in [0.25, 0.3) is 0 Å². The topological polar surface area (TPSA) is 79.7 Å². The molecule has 1 N–H and O–H groups in total. The van der Waals surface area contributed by atoms with Gasteiger partial charge in [0.2, 0.25) is 5.91 Å². The van der Waals surface area contributed by atoms with Gasteiger partial charge in [-0.1, -0.05) is 24.3 Å². The average molecular weight is 354 g/mol. The summed E-state index contributed by atoms with van der Waals surface area (Å²) in [5.74, 6) is -1.18. The number of aliphatic carboxylic acids is 1. The number of benzene rings is 1. The van der Waals surface area contributed by atoms with Crippen molar-refractivity contribution in [3.63, 3.8) is 0 Å². The lowest BCUT2D eigenvalue weighted by molar-refractivity contribution is -0.141. The Morgan fingerprint density at radius 3 is 2.65 bits per heavy atom. The van der Waals surface area contributed by atoms with E-state index in [1.54, 1.807) is 18.2 Å². The largest absolute Gasteiger partial charge is 0.496 e. The molecule has 2 unspecified atom stereocenters. The van der Waals surface area contributed by atoms with Gasteiger partial charge in [-0.25, -0.2) is 0 Å². The number of carbonyl (C=O) groups is 2. The van der Waals surface area contributed by atoms with E-state index in [2.05, 4.69) is 4.98 Å². The minimum absolute atomic E-state index is 0.0423. The summed E-state index contributed by atoms with van der Waals surface area (Å²) in [6.45, 7) is 0.609. The van der Waals surface area contributed by atoms with Crippen LogP contribution in [0.1, 0.15) is 23.6 Å². The van der Waals surface area contributed by atoms with Crippen LogP contribution < -0.4 is 4.74 Å². The molecule has 0 aliphatic carbocycles. The highest BCUT2D eigenvalue weighted by molar-refractivity contribution is 5.80. The quantitative estimate of drug-likeness (QED) is 0.861. The Kier molecular flexibility index (Phi) is 5.51. The lowest BCUT2D eigenvalue weighted by Gasteiger charge is -2.18. The number of ether oxygens (including phenoxy) is 1. The molecule has 2 atom stereocenters. The van der Waals surface area contributed by atoms with Crippen LogP contribution in [0, 0.1) is 5.92 Å². The van der Waals surface area contributed by atoms with Crippen LogP contribution in [0.5, 0.6) is 5.75 Å². The summed E-state index contributed by atoms with van der Waals surface area (Å²) in [6, 6.07) is 13.0. The molecule has 1 aromatic heterocycles. The number of hydrogen-bond acceptors (Lipinski definition) is 4. The first-order valence-electron chi connectivity index (χ1n) is 8.63. The molecule has 1 aromatic carbocycles. The Bertz CT molecular complexity index is 778. The molecular weight excluding hydrogens is 332 g/mol. The summed E-state index contributed by atoms with van der Waals surface area (Å²) >= 11 is 0. The van der Waals surface area contributed by atoms with Gasteiger partial charge in [0.15, 0.2) is 0 Å². The van der Waals surface area contributed by atoms with Crippen LogP contribution in [0.25, 0.3) is 0 Å². The molecule has 26 heavy (non-hydrogen) atoms. The number of methoxy groups -OCH3 is 1. The lowest BCUT2D eigenvalue weighted by Crippen LogP contribution is -2.30. The average Bonchev–Trinajstić information content (AvgIpc) is 3.12. The smallest absolute Gasteiger partial charge is 0.308 e. The Hall–Kier alpha value is -2.89. The molecule has 6 nitrogen and oxygen atoms in total. The predicted molar refractivity (Wildman–Crippen MR) is 96.0 cm³/mol. The molecule has 1 amide bonds. The Morgan fingerprint density at radius 1 is 1.19 bits per heavy atom. The van der Waals surface area contributed by atoms with Crippen LogP contribution in [0.15, 0.2) is 48.7 Å². The van der Waals surface area contributed by atoms with Gasteiger partial charge in [-0.3, -0.25) is 14.6 Å². The minimum Gasteiger partial charge on any atom is -0.496 e. The molecule has 2 heterocycles. The number of nitrogens with zero attached hydrogens (tertiary/aromatic N) is 2. The van der Waals surface area contributed by atoms with E-state index in [0.29, 0.717) is 25.1 Å². The van der Waals surface area contributed by atoms with E-state index in [-0.39, 0.29) is 18.4 Å². The van der Waals surface area contributed by atoms with E-state index < -0.39 is 11.9 Å². The fourth-order valence-electron chi connectivity index (χ4n) is 3.48. The van der Waals surface area contributed by atoms with E-state index in [4.69, 9.17) is 4.74 Å². The molecule has 1 aliphatic heterocycles. The zero-order chi connectivity index (χ0) is 18.5. The molecule has 1 aliphatic rings. The molecule has 1 fully saturated rings. The number of aryl methyl sites for hydroxylation is 1. The highest BCUT2D eigenvalue weighted by Crippen LogP contribution is 2.37. The van der Waals surface area contributed by atoms with Crippen LogP contribution in [-0.2, 0) is 16.0 Å². The summed E-state index contributed by atoms with van der Waals surface area (Å²) in [7, 11) is 1.57. The Morgan fingerprint density at radius 2 is 1.96 bits per heavy atom. The summed E-state index contributed by atoms with van der Waals surface area (Å²) in [6.07, 6.45) is 2.57. The summed E-state index contributed by atoms with van der Waals surface area (Å²) < 4.78 is 5.38. The van der Waals surface area contributed by atoms with E-state index in [1.807, 2.05) is 42.5 Å². The van der Waals surface area contributed by atoms with Crippen LogP contribution in [0.4, 0.5) is 0 Å². The summed E-state index contributed by atoms with van der Waals surface area (Å²) in [5, 5.41) is 9.63. The first kappa shape index (κ1) is 17.9. The Balaban J connectivity index is 1.72. The summed E-state index contributed by atoms with van der Waals surface area (Å²) in [4.78, 5) is 30.2. The van der Waals surface area contributed by atoms with Gasteiger partial charge in [0.1, 0.15) is 5.75 Å². The summed E-state index contributed by atoms with van der Waals surface area (Å²) in [5.41, 5.74) is 1.69. The number of amides is 1. The fourth-order valence-corrected chi connectivity index (χ4v) is 3.48. The molecule has 0 spiro atoms. The third kappa shape index (κ3) is 3.85. The van der Waals surface area contributed by atoms with Gasteiger partial charge in [-0.05, 0) is 30.2 Å². The highest BCUT2D eigenvalue weighted by Gasteiger charge is 2.41. The normalized spacial score (nSPS) is 19.3. The van der Waals surface area contributed by atoms with Gasteiger partial charge >= 0.3 is 5.97 Å². The van der Waals surface area contributed by atoms with Crippen molar-refractivity contribution in [2.24, 2.45) is 5.92 Å². The Labute approximate surface area is 152 Å². The first-order chi connectivity index (χ1) is 12.6. The number of carboxylic acids is 1. The number of likely N-dealkylation sites (tertiary alicyclic amines) is 1. The van der Waals surface area contributed by atoms with Crippen molar-refractivity contribution in [3.05, 3.63) is 59.9 Å². The number of carboxylic acid groups (broad SMARTS) is 1. The molecule has 136 valence electrons. The van der Waals surface area contributed by atoms with Crippen LogP contribution in [0.2, 0.25) is 0 Å². The van der Waals surface area contributed by atoms with Gasteiger partial charge in [0.05, 0.1) is 13.0 Å². The van der Waals surface area contributed by atoms with Crippen molar-refractivity contribution >= 4 is 11.9 Å². The molecular formula is C20H22N2O4. The first-order valence-corrected chi connectivity index (χ1v) is 8.63. The van der Waals surface area contributed by atoms with E-state index >= 15 is 0 Å². The monoisotopic (exact) mass is 354 g/mol. The van der Waals surface area contributed by atoms with Crippen LogP contribution in [-0.4, -0.2) is 47.1 Å². The molecule has 0 saturated carbocycles. The zero-order valence-electron chi connectivity index (χ0n) is 14.7. The van der Waals surface area contributed by atoms with Gasteiger partial charge < -0.3 is 14.7 Å². The minimum atomic E-state index is -0.888. The third-order valence-electron chi connectivity index (χ3n) is 4.85. The van der Waals surface area contributed by atoms with Crippen molar-refractivity contribution in [2.75, 3.05) is 20.2 Å². The molecule has 0 radical (unpaired) electrons. The van der Waals surface area contributed by atoms with Crippen molar-refractivity contribution in [1.29, 1.82) is 0 Å². The van der Waals surface area contributed by atoms with E-state index in [0.717, 1.165) is 11.3 Å². The number of pyridine rings is 1. The van der Waals surface area contributed by atoms with Gasteiger partial charge in [0, 0.05) is 37.3 Å². The van der Waals surface area contributed by atoms with Crippen molar-refractivity contribution < 1.29 is 19.4 Å². The van der Waals surface area contributed by atoms with Crippen molar-refractivity contribution in [2.45, 2.75) is 18.8 Å². The molecule has 0 bridgehead atoms. The molecule has 6 heteroatoms. The fraction of sp³-hybridized carbons (Fsp3) is 0.350. The molecule has 1 saturated heterocycles. The second-order valence-electron chi connectivity index (χ2n) is 6.41. The van der Waals surface area contributed by atoms with Crippen molar-refractivity contribution in [3.8, 4) is 5.75 Å². The zero-order valence-corrected chi connectivity index (χ0v) is 14.7. The van der Waals surface area contributed by atoms with Crippen molar-refractivity contribution in [1.82, 2.24) is 9.88 Å². The maximum Gasteiger partial charge on any atom is 0.308 e. The number of aromatic nitrogens is 1. The van der Waals surface area contributed by atoms with Gasteiger partial charge in [-0.15, -0.1) is 0 Å². The standard InChI is InChI=1S/C20H22N2O4/c1-26-18-8-3-2-7-15(18)16-12-22(13-17(16)20(24)25)19(23)10-9-14-6-4-5-11-21-14/h2-8,11,16-17H,9-10,12-13H2,1H3,(H,24,25). The molecule has 3 rings (SSSR count). The second kappa shape index (κ2) is 7.99. The maximum absolute atomic E-state index is 12.6. The second-order valence-corrected chi connectivity index (χ2v) is 6.41. The molecule has 2 aromatic rings. The number of carbonyl (C=O) groups excluding carboxylic acids is 1. The van der Waals surface area contributed by atoms with Crippen LogP contribution in [0.3, 0.4) is 0 Å².